The number of imide groups is 1. The van der Waals surface area contributed by atoms with E-state index in [-0.39, 0.29) is 18.0 Å². The molecule has 2 aromatic rings. The molecule has 1 aliphatic rings. The summed E-state index contributed by atoms with van der Waals surface area (Å²) in [4.78, 5) is 38.3. The highest BCUT2D eigenvalue weighted by molar-refractivity contribution is 7.90. The van der Waals surface area contributed by atoms with Gasteiger partial charge in [0, 0.05) is 0 Å². The Bertz CT molecular complexity index is 1110. The third-order valence-electron chi connectivity index (χ3n) is 5.73. The van der Waals surface area contributed by atoms with Crippen LogP contribution in [0, 0.1) is 6.92 Å². The first kappa shape index (κ1) is 28.8. The summed E-state index contributed by atoms with van der Waals surface area (Å²) >= 11 is 0. The fraction of sp³-hybridized carbons (Fsp3) is 0.400. The number of carbonyl (C=O) groups is 3. The van der Waals surface area contributed by atoms with Crippen LogP contribution in [0.2, 0.25) is 0 Å². The van der Waals surface area contributed by atoms with Crippen molar-refractivity contribution in [3.63, 3.8) is 0 Å². The van der Waals surface area contributed by atoms with Crippen molar-refractivity contribution in [1.82, 2.24) is 14.9 Å². The van der Waals surface area contributed by atoms with Gasteiger partial charge in [0.1, 0.15) is 12.6 Å². The number of likely N-dealkylation sites (tertiary alicyclic amines) is 1. The van der Waals surface area contributed by atoms with Crippen LogP contribution < -0.4 is 14.9 Å². The second-order valence-electron chi connectivity index (χ2n) is 8.24. The molecule has 1 atom stereocenters. The van der Waals surface area contributed by atoms with E-state index in [9.17, 15) is 22.8 Å². The number of rotatable bonds is 8. The van der Waals surface area contributed by atoms with Gasteiger partial charge in [0.15, 0.2) is 0 Å². The van der Waals surface area contributed by atoms with Gasteiger partial charge in [-0.05, 0) is 45.4 Å². The molecule has 3 N–H and O–H groups in total. The van der Waals surface area contributed by atoms with E-state index in [2.05, 4.69) is 26.1 Å². The van der Waals surface area contributed by atoms with Crippen LogP contribution in [0.15, 0.2) is 59.5 Å². The Balaban J connectivity index is 0.000000572. The molecule has 4 amide bonds. The van der Waals surface area contributed by atoms with Crippen LogP contribution in [0.4, 0.5) is 9.59 Å². The molecule has 1 saturated heterocycles. The third-order valence-corrected chi connectivity index (χ3v) is 7.07. The van der Waals surface area contributed by atoms with Crippen LogP contribution >= 0.6 is 0 Å². The first-order valence-electron chi connectivity index (χ1n) is 11.9. The first-order chi connectivity index (χ1) is 17.1. The van der Waals surface area contributed by atoms with Crippen LogP contribution in [-0.4, -0.2) is 63.6 Å². The van der Waals surface area contributed by atoms with Crippen molar-refractivity contribution in [3.8, 4) is 0 Å². The summed E-state index contributed by atoms with van der Waals surface area (Å²) in [5, 5.41) is 2.34. The summed E-state index contributed by atoms with van der Waals surface area (Å²) in [6, 6.07) is 12.9. The lowest BCUT2D eigenvalue weighted by Crippen LogP contribution is -3.11. The zero-order valence-electron chi connectivity index (χ0n) is 21.1. The van der Waals surface area contributed by atoms with Crippen LogP contribution in [0.25, 0.3) is 0 Å². The highest BCUT2D eigenvalue weighted by atomic mass is 32.2. The Hall–Kier alpha value is -3.44. The molecule has 2 aromatic carbocycles. The molecule has 0 saturated carbocycles. The number of hydrogen-bond acceptors (Lipinski definition) is 6. The maximum absolute atomic E-state index is 12.2. The van der Waals surface area contributed by atoms with E-state index in [1.807, 2.05) is 10.8 Å². The molecule has 1 heterocycles. The van der Waals surface area contributed by atoms with E-state index in [4.69, 9.17) is 4.74 Å². The lowest BCUT2D eigenvalue weighted by atomic mass is 10.1. The number of alkyl carbamates (subject to hydrolysis) is 1. The van der Waals surface area contributed by atoms with Crippen molar-refractivity contribution < 1.29 is 32.4 Å². The zero-order chi connectivity index (χ0) is 26.7. The quantitative estimate of drug-likeness (QED) is 0.454. The number of ether oxygens (including phenoxy) is 1. The minimum Gasteiger partial charge on any atom is -0.445 e. The molecule has 0 unspecified atom stereocenters. The molecule has 0 aliphatic carbocycles. The van der Waals surface area contributed by atoms with Crippen molar-refractivity contribution in [2.24, 2.45) is 0 Å². The van der Waals surface area contributed by atoms with Crippen molar-refractivity contribution in [3.05, 3.63) is 65.7 Å². The minimum atomic E-state index is -4.11. The lowest BCUT2D eigenvalue weighted by Gasteiger charge is -2.36. The van der Waals surface area contributed by atoms with E-state index in [0.29, 0.717) is 4.90 Å². The van der Waals surface area contributed by atoms with E-state index < -0.39 is 34.1 Å². The maximum atomic E-state index is 12.2. The molecular weight excluding hydrogens is 484 g/mol. The smallest absolute Gasteiger partial charge is 0.408 e. The van der Waals surface area contributed by atoms with Gasteiger partial charge in [-0.15, -0.1) is 0 Å². The van der Waals surface area contributed by atoms with Crippen molar-refractivity contribution in [2.45, 2.75) is 45.2 Å². The second-order valence-corrected chi connectivity index (χ2v) is 9.92. The normalized spacial score (nSPS) is 14.9. The van der Waals surface area contributed by atoms with E-state index >= 15 is 0 Å². The summed E-state index contributed by atoms with van der Waals surface area (Å²) < 4.78 is 31.3. The van der Waals surface area contributed by atoms with Gasteiger partial charge in [0.05, 0.1) is 31.1 Å². The van der Waals surface area contributed by atoms with Gasteiger partial charge >= 0.3 is 12.1 Å². The zero-order valence-corrected chi connectivity index (χ0v) is 21.9. The van der Waals surface area contributed by atoms with Crippen LogP contribution in [0.5, 0.6) is 0 Å². The number of β-lactam (4-membered cyclic amide) rings is 1. The number of hydrogen-bond donors (Lipinski definition) is 3. The number of quaternary nitrogens is 1. The molecule has 1 fully saturated rings. The van der Waals surface area contributed by atoms with Crippen molar-refractivity contribution in [1.29, 1.82) is 0 Å². The van der Waals surface area contributed by atoms with Crippen molar-refractivity contribution >= 4 is 28.1 Å². The fourth-order valence-electron chi connectivity index (χ4n) is 3.32. The predicted octanol–water partition coefficient (Wildman–Crippen LogP) is 1.46. The third kappa shape index (κ3) is 8.35. The Labute approximate surface area is 212 Å². The van der Waals surface area contributed by atoms with Gasteiger partial charge in [0.25, 0.3) is 15.9 Å². The largest absolute Gasteiger partial charge is 0.445 e. The molecule has 0 spiro atoms. The number of carbonyl (C=O) groups excluding carboxylic acids is 3. The molecule has 3 rings (SSSR count). The Kier molecular flexibility index (Phi) is 10.9. The molecule has 36 heavy (non-hydrogen) atoms. The molecule has 11 heteroatoms. The molecule has 196 valence electrons. The maximum Gasteiger partial charge on any atom is 0.408 e. The van der Waals surface area contributed by atoms with Gasteiger partial charge in [-0.3, -0.25) is 9.69 Å². The van der Waals surface area contributed by atoms with Gasteiger partial charge in [0.2, 0.25) is 0 Å². The van der Waals surface area contributed by atoms with E-state index in [1.54, 1.807) is 48.2 Å². The SMILES string of the molecule is CC[NH+](CC)CC.Cc1ccc(S(=O)(=O)NC(=O)N2C[C@H](NC(=O)OCc3ccccc3)C2=O)cc1. The van der Waals surface area contributed by atoms with E-state index in [1.165, 1.54) is 31.8 Å². The number of urea groups is 1. The number of aryl methyl sites for hydroxylation is 1. The second kappa shape index (κ2) is 13.6. The summed E-state index contributed by atoms with van der Waals surface area (Å²) in [7, 11) is -4.11. The number of nitrogens with zero attached hydrogens (tertiary/aromatic N) is 1. The summed E-state index contributed by atoms with van der Waals surface area (Å²) in [6.45, 7) is 12.2. The van der Waals surface area contributed by atoms with Crippen molar-refractivity contribution in [2.75, 3.05) is 26.2 Å². The van der Waals surface area contributed by atoms with Gasteiger partial charge in [-0.25, -0.2) is 22.7 Å². The van der Waals surface area contributed by atoms with Crippen LogP contribution in [-0.2, 0) is 26.2 Å². The van der Waals surface area contributed by atoms with Crippen LogP contribution in [0.1, 0.15) is 31.9 Å². The van der Waals surface area contributed by atoms with E-state index in [0.717, 1.165) is 11.1 Å². The monoisotopic (exact) mass is 519 g/mol. The average Bonchev–Trinajstić information content (AvgIpc) is 2.86. The Morgan fingerprint density at radius 2 is 1.58 bits per heavy atom. The number of amides is 4. The molecular formula is C25H35N4O6S+. The number of sulfonamides is 1. The fourth-order valence-corrected chi connectivity index (χ4v) is 4.27. The summed E-state index contributed by atoms with van der Waals surface area (Å²) in [5.74, 6) is -0.724. The average molecular weight is 520 g/mol. The molecule has 0 radical (unpaired) electrons. The van der Waals surface area contributed by atoms with Gasteiger partial charge < -0.3 is 15.0 Å². The topological polar surface area (TPSA) is 126 Å². The minimum absolute atomic E-state index is 0.0343. The molecule has 10 nitrogen and oxygen atoms in total. The van der Waals surface area contributed by atoms with Gasteiger partial charge in [-0.1, -0.05) is 48.0 Å². The molecule has 0 aromatic heterocycles. The number of nitrogens with one attached hydrogen (secondary N) is 3. The summed E-state index contributed by atoms with van der Waals surface area (Å²) in [6.07, 6.45) is -0.806. The summed E-state index contributed by atoms with van der Waals surface area (Å²) in [5.41, 5.74) is 1.64. The Morgan fingerprint density at radius 3 is 2.08 bits per heavy atom. The first-order valence-corrected chi connectivity index (χ1v) is 13.3. The number of benzene rings is 2. The Morgan fingerprint density at radius 1 is 1.00 bits per heavy atom. The highest BCUT2D eigenvalue weighted by Crippen LogP contribution is 2.14. The van der Waals surface area contributed by atoms with Gasteiger partial charge in [-0.2, -0.15) is 0 Å². The van der Waals surface area contributed by atoms with Crippen LogP contribution in [0.3, 0.4) is 0 Å². The molecule has 0 bridgehead atoms. The predicted molar refractivity (Wildman–Crippen MR) is 135 cm³/mol. The molecule has 1 aliphatic heterocycles. The standard InChI is InChI=1S/C19H19N3O6S.C6H15N/c1-13-7-9-15(10-8-13)29(26,27)21-18(24)22-11-16(17(22)23)20-19(25)28-12-14-5-3-2-4-6-14;1-4-7(5-2)6-3/h2-10,16H,11-12H2,1H3,(H,20,25)(H,21,24);4-6H2,1-3H3/p+1/t16-;/m0./s1. The highest BCUT2D eigenvalue weighted by Gasteiger charge is 2.43. The lowest BCUT2D eigenvalue weighted by molar-refractivity contribution is -0.894.